The summed E-state index contributed by atoms with van der Waals surface area (Å²) in [6, 6.07) is 0. The molecule has 1 aromatic rings. The van der Waals surface area contributed by atoms with Gasteiger partial charge in [0.1, 0.15) is 0 Å². The van der Waals surface area contributed by atoms with Gasteiger partial charge in [0.2, 0.25) is 5.89 Å². The maximum absolute atomic E-state index is 6.30. The fourth-order valence-corrected chi connectivity index (χ4v) is 2.85. The van der Waals surface area contributed by atoms with Crippen LogP contribution in [-0.2, 0) is 5.54 Å². The smallest absolute Gasteiger partial charge is 0.229 e. The molecule has 1 aliphatic rings. The summed E-state index contributed by atoms with van der Waals surface area (Å²) in [6.45, 7) is 4.08. The Bertz CT molecular complexity index is 331. The quantitative estimate of drug-likeness (QED) is 0.835. The van der Waals surface area contributed by atoms with E-state index >= 15 is 0 Å². The van der Waals surface area contributed by atoms with Crippen molar-refractivity contribution in [3.63, 3.8) is 0 Å². The van der Waals surface area contributed by atoms with Crippen LogP contribution in [0.15, 0.2) is 4.52 Å². The molecule has 15 heavy (non-hydrogen) atoms. The number of rotatable bonds is 2. The van der Waals surface area contributed by atoms with Gasteiger partial charge in [-0.05, 0) is 24.3 Å². The van der Waals surface area contributed by atoms with E-state index in [0.717, 1.165) is 24.3 Å². The normalized spacial score (nSPS) is 20.8. The molecule has 2 heterocycles. The lowest BCUT2D eigenvalue weighted by Crippen LogP contribution is -2.41. The molecule has 0 saturated carbocycles. The first kappa shape index (κ1) is 11.0. The molecule has 0 bridgehead atoms. The van der Waals surface area contributed by atoms with E-state index < -0.39 is 0 Å². The van der Waals surface area contributed by atoms with Crippen molar-refractivity contribution in [1.82, 2.24) is 10.1 Å². The van der Waals surface area contributed by atoms with E-state index in [1.54, 1.807) is 0 Å². The van der Waals surface area contributed by atoms with Crippen LogP contribution in [0.3, 0.4) is 0 Å². The number of nitrogens with zero attached hydrogens (tertiary/aromatic N) is 2. The highest BCUT2D eigenvalue weighted by Crippen LogP contribution is 2.32. The SMILES string of the molecule is CC(C)c1nc(C2(N)CCSCC2)no1. The summed E-state index contributed by atoms with van der Waals surface area (Å²) in [5, 5.41) is 4.01. The van der Waals surface area contributed by atoms with Crippen LogP contribution in [-0.4, -0.2) is 21.6 Å². The second-order valence-electron chi connectivity index (χ2n) is 4.38. The van der Waals surface area contributed by atoms with Crippen LogP contribution in [0.4, 0.5) is 0 Å². The highest BCUT2D eigenvalue weighted by Gasteiger charge is 2.34. The number of nitrogens with two attached hydrogens (primary N) is 1. The molecule has 1 aromatic heterocycles. The van der Waals surface area contributed by atoms with E-state index in [4.69, 9.17) is 10.3 Å². The van der Waals surface area contributed by atoms with Crippen molar-refractivity contribution in [2.45, 2.75) is 38.1 Å². The third kappa shape index (κ3) is 2.18. The van der Waals surface area contributed by atoms with Crippen molar-refractivity contribution in [3.05, 3.63) is 11.7 Å². The Morgan fingerprint density at radius 2 is 2.07 bits per heavy atom. The van der Waals surface area contributed by atoms with Gasteiger partial charge in [-0.2, -0.15) is 16.7 Å². The summed E-state index contributed by atoms with van der Waals surface area (Å²) < 4.78 is 5.20. The monoisotopic (exact) mass is 227 g/mol. The minimum absolute atomic E-state index is 0.271. The van der Waals surface area contributed by atoms with Gasteiger partial charge in [0.15, 0.2) is 5.82 Å². The van der Waals surface area contributed by atoms with E-state index in [0.29, 0.717) is 11.7 Å². The molecule has 2 N–H and O–H groups in total. The lowest BCUT2D eigenvalue weighted by Gasteiger charge is -2.29. The average molecular weight is 227 g/mol. The van der Waals surface area contributed by atoms with Crippen LogP contribution in [0.25, 0.3) is 0 Å². The summed E-state index contributed by atoms with van der Waals surface area (Å²) in [5.74, 6) is 3.82. The molecule has 0 radical (unpaired) electrons. The summed E-state index contributed by atoms with van der Waals surface area (Å²) in [4.78, 5) is 4.39. The summed E-state index contributed by atoms with van der Waals surface area (Å²) in [5.41, 5.74) is 5.94. The zero-order chi connectivity index (χ0) is 10.9. The van der Waals surface area contributed by atoms with Crippen LogP contribution in [0.2, 0.25) is 0 Å². The maximum Gasteiger partial charge on any atom is 0.229 e. The van der Waals surface area contributed by atoms with Crippen molar-refractivity contribution in [2.24, 2.45) is 5.73 Å². The van der Waals surface area contributed by atoms with E-state index in [9.17, 15) is 0 Å². The minimum Gasteiger partial charge on any atom is -0.339 e. The number of hydrogen-bond donors (Lipinski definition) is 1. The number of thioether (sulfide) groups is 1. The Morgan fingerprint density at radius 1 is 1.40 bits per heavy atom. The molecule has 1 aliphatic heterocycles. The molecule has 0 aliphatic carbocycles. The number of aromatic nitrogens is 2. The molecule has 0 amide bonds. The molecule has 0 aromatic carbocycles. The molecule has 2 rings (SSSR count). The van der Waals surface area contributed by atoms with Gasteiger partial charge in [-0.25, -0.2) is 0 Å². The van der Waals surface area contributed by atoms with Crippen LogP contribution in [0.1, 0.15) is 44.3 Å². The Hall–Kier alpha value is -0.550. The largest absolute Gasteiger partial charge is 0.339 e. The fourth-order valence-electron chi connectivity index (χ4n) is 1.63. The van der Waals surface area contributed by atoms with Crippen LogP contribution in [0.5, 0.6) is 0 Å². The minimum atomic E-state index is -0.359. The van der Waals surface area contributed by atoms with Gasteiger partial charge in [-0.3, -0.25) is 0 Å². The highest BCUT2D eigenvalue weighted by atomic mass is 32.2. The van der Waals surface area contributed by atoms with Gasteiger partial charge in [-0.1, -0.05) is 19.0 Å². The molecular weight excluding hydrogens is 210 g/mol. The van der Waals surface area contributed by atoms with Gasteiger partial charge in [0.05, 0.1) is 5.54 Å². The molecular formula is C10H17N3OS. The van der Waals surface area contributed by atoms with Gasteiger partial charge in [0.25, 0.3) is 0 Å². The second kappa shape index (κ2) is 4.14. The Balaban J connectivity index is 2.20. The van der Waals surface area contributed by atoms with Gasteiger partial charge < -0.3 is 10.3 Å². The zero-order valence-corrected chi connectivity index (χ0v) is 10.0. The van der Waals surface area contributed by atoms with Crippen molar-refractivity contribution < 1.29 is 4.52 Å². The zero-order valence-electron chi connectivity index (χ0n) is 9.19. The standard InChI is InChI=1S/C10H17N3OS/c1-7(2)8-12-9(13-14-8)10(11)3-5-15-6-4-10/h7H,3-6,11H2,1-2H3. The van der Waals surface area contributed by atoms with E-state index in [1.165, 1.54) is 0 Å². The van der Waals surface area contributed by atoms with E-state index in [1.807, 2.05) is 25.6 Å². The predicted octanol–water partition coefficient (Wildman–Crippen LogP) is 1.87. The summed E-state index contributed by atoms with van der Waals surface area (Å²) in [6.07, 6.45) is 1.88. The first-order valence-corrected chi connectivity index (χ1v) is 6.48. The highest BCUT2D eigenvalue weighted by molar-refractivity contribution is 7.99. The molecule has 1 saturated heterocycles. The van der Waals surface area contributed by atoms with Gasteiger partial charge >= 0.3 is 0 Å². The third-order valence-electron chi connectivity index (χ3n) is 2.77. The van der Waals surface area contributed by atoms with Crippen molar-refractivity contribution in [1.29, 1.82) is 0 Å². The van der Waals surface area contributed by atoms with Crippen molar-refractivity contribution in [2.75, 3.05) is 11.5 Å². The van der Waals surface area contributed by atoms with Crippen molar-refractivity contribution in [3.8, 4) is 0 Å². The van der Waals surface area contributed by atoms with E-state index in [2.05, 4.69) is 10.1 Å². The Labute approximate surface area is 94.0 Å². The van der Waals surface area contributed by atoms with Crippen LogP contribution >= 0.6 is 11.8 Å². The third-order valence-corrected chi connectivity index (χ3v) is 3.75. The molecule has 4 nitrogen and oxygen atoms in total. The Kier molecular flexibility index (Phi) is 3.02. The molecule has 84 valence electrons. The van der Waals surface area contributed by atoms with Gasteiger partial charge in [0, 0.05) is 5.92 Å². The first-order chi connectivity index (χ1) is 7.12. The molecule has 1 fully saturated rings. The molecule has 0 spiro atoms. The molecule has 5 heteroatoms. The maximum atomic E-state index is 6.30. The molecule has 0 atom stereocenters. The Morgan fingerprint density at radius 3 is 2.60 bits per heavy atom. The van der Waals surface area contributed by atoms with Crippen LogP contribution in [0, 0.1) is 0 Å². The second-order valence-corrected chi connectivity index (χ2v) is 5.60. The fraction of sp³-hybridized carbons (Fsp3) is 0.800. The van der Waals surface area contributed by atoms with Crippen molar-refractivity contribution >= 4 is 11.8 Å². The van der Waals surface area contributed by atoms with Gasteiger partial charge in [-0.15, -0.1) is 0 Å². The molecule has 0 unspecified atom stereocenters. The predicted molar refractivity (Wildman–Crippen MR) is 60.8 cm³/mol. The lowest BCUT2D eigenvalue weighted by molar-refractivity contribution is 0.329. The average Bonchev–Trinajstić information content (AvgIpc) is 2.68. The lowest BCUT2D eigenvalue weighted by atomic mass is 9.93. The van der Waals surface area contributed by atoms with E-state index in [-0.39, 0.29) is 11.5 Å². The summed E-state index contributed by atoms with van der Waals surface area (Å²) >= 11 is 1.94. The first-order valence-electron chi connectivity index (χ1n) is 5.32. The number of hydrogen-bond acceptors (Lipinski definition) is 5. The summed E-state index contributed by atoms with van der Waals surface area (Å²) in [7, 11) is 0. The topological polar surface area (TPSA) is 64.9 Å². The van der Waals surface area contributed by atoms with Crippen LogP contribution < -0.4 is 5.73 Å².